The van der Waals surface area contributed by atoms with Crippen molar-refractivity contribution in [2.75, 3.05) is 0 Å². The number of carbonyl (C=O) groups is 1. The third-order valence-electron chi connectivity index (χ3n) is 2.91. The standard InChI is InChI=1S/C11H8N2O2/c14-10(15)11-7-3-1-5-8(11)12-13-9(11)6-2-4-7/h1-6,12H,(H,14,15). The highest BCUT2D eigenvalue weighted by Crippen LogP contribution is 2.44. The van der Waals surface area contributed by atoms with Gasteiger partial charge in [-0.3, -0.25) is 10.2 Å². The number of carboxylic acids is 1. The molecule has 0 saturated carbocycles. The lowest BCUT2D eigenvalue weighted by molar-refractivity contribution is -0.141. The molecule has 3 rings (SSSR count). The highest BCUT2D eigenvalue weighted by molar-refractivity contribution is 6.20. The fourth-order valence-corrected chi connectivity index (χ4v) is 2.20. The van der Waals surface area contributed by atoms with Crippen molar-refractivity contribution in [3.63, 3.8) is 0 Å². The van der Waals surface area contributed by atoms with Gasteiger partial charge in [0, 0.05) is 0 Å². The summed E-state index contributed by atoms with van der Waals surface area (Å²) in [6, 6.07) is 0. The Morgan fingerprint density at radius 1 is 1.33 bits per heavy atom. The first-order valence-electron chi connectivity index (χ1n) is 4.61. The molecular weight excluding hydrogens is 192 g/mol. The fourth-order valence-electron chi connectivity index (χ4n) is 2.20. The predicted octanol–water partition coefficient (Wildman–Crippen LogP) is 0.967. The van der Waals surface area contributed by atoms with Gasteiger partial charge in [-0.1, -0.05) is 24.3 Å². The van der Waals surface area contributed by atoms with Crippen LogP contribution < -0.4 is 5.43 Å². The van der Waals surface area contributed by atoms with Crippen molar-refractivity contribution in [1.29, 1.82) is 0 Å². The summed E-state index contributed by atoms with van der Waals surface area (Å²) in [5.74, 6) is -0.891. The first kappa shape index (κ1) is 8.23. The smallest absolute Gasteiger partial charge is 0.326 e. The maximum absolute atomic E-state index is 11.5. The van der Waals surface area contributed by atoms with Crippen LogP contribution >= 0.6 is 0 Å². The predicted molar refractivity (Wildman–Crippen MR) is 55.1 cm³/mol. The van der Waals surface area contributed by atoms with Gasteiger partial charge in [-0.2, -0.15) is 5.10 Å². The maximum atomic E-state index is 11.5. The summed E-state index contributed by atoms with van der Waals surface area (Å²) in [5, 5.41) is 13.5. The number of nitrogens with one attached hydrogen (secondary N) is 1. The molecule has 4 nitrogen and oxygen atoms in total. The minimum Gasteiger partial charge on any atom is -0.480 e. The monoisotopic (exact) mass is 200 g/mol. The molecule has 0 fully saturated rings. The van der Waals surface area contributed by atoms with Gasteiger partial charge >= 0.3 is 5.97 Å². The Morgan fingerprint density at radius 2 is 2.13 bits per heavy atom. The first-order valence-corrected chi connectivity index (χ1v) is 4.61. The van der Waals surface area contributed by atoms with Crippen LogP contribution in [0.15, 0.2) is 52.8 Å². The highest BCUT2D eigenvalue weighted by atomic mass is 16.4. The molecule has 74 valence electrons. The Hall–Kier alpha value is -2.10. The lowest BCUT2D eigenvalue weighted by Gasteiger charge is -2.30. The van der Waals surface area contributed by atoms with Crippen LogP contribution in [0.5, 0.6) is 0 Å². The molecule has 0 aromatic carbocycles. The van der Waals surface area contributed by atoms with Crippen LogP contribution in [0, 0.1) is 5.41 Å². The molecule has 2 aliphatic carbocycles. The van der Waals surface area contributed by atoms with Crippen LogP contribution in [0.2, 0.25) is 0 Å². The van der Waals surface area contributed by atoms with Crippen LogP contribution in [0.4, 0.5) is 0 Å². The third-order valence-corrected chi connectivity index (χ3v) is 2.91. The van der Waals surface area contributed by atoms with E-state index < -0.39 is 11.4 Å². The second kappa shape index (κ2) is 2.48. The van der Waals surface area contributed by atoms with Gasteiger partial charge < -0.3 is 5.11 Å². The van der Waals surface area contributed by atoms with Crippen LogP contribution in [0.3, 0.4) is 0 Å². The fraction of sp³-hybridized carbons (Fsp3) is 0.0909. The van der Waals surface area contributed by atoms with E-state index in [2.05, 4.69) is 10.5 Å². The van der Waals surface area contributed by atoms with E-state index in [1.165, 1.54) is 0 Å². The van der Waals surface area contributed by atoms with E-state index in [0.29, 0.717) is 11.4 Å². The van der Waals surface area contributed by atoms with Gasteiger partial charge in [-0.05, 0) is 17.7 Å². The molecule has 0 aromatic rings. The average Bonchev–Trinajstić information content (AvgIpc) is 2.61. The van der Waals surface area contributed by atoms with Gasteiger partial charge in [0.2, 0.25) is 0 Å². The number of rotatable bonds is 1. The molecule has 2 N–H and O–H groups in total. The van der Waals surface area contributed by atoms with E-state index in [9.17, 15) is 9.90 Å². The summed E-state index contributed by atoms with van der Waals surface area (Å²) in [6.45, 7) is 0. The SMILES string of the molecule is O=C(O)C12C3=CC=CC1=NNC2=CC=C3. The van der Waals surface area contributed by atoms with Crippen molar-refractivity contribution in [2.45, 2.75) is 0 Å². The molecular formula is C11H8N2O2. The van der Waals surface area contributed by atoms with Gasteiger partial charge in [-0.15, -0.1) is 0 Å². The van der Waals surface area contributed by atoms with Gasteiger partial charge in [-0.25, -0.2) is 0 Å². The second-order valence-corrected chi connectivity index (χ2v) is 3.58. The zero-order valence-corrected chi connectivity index (χ0v) is 7.77. The van der Waals surface area contributed by atoms with Gasteiger partial charge in [0.1, 0.15) is 0 Å². The Morgan fingerprint density at radius 3 is 2.93 bits per heavy atom. The van der Waals surface area contributed by atoms with Crippen molar-refractivity contribution in [3.05, 3.63) is 47.7 Å². The molecule has 0 radical (unpaired) electrons. The van der Waals surface area contributed by atoms with E-state index in [0.717, 1.165) is 5.57 Å². The minimum absolute atomic E-state index is 0.545. The third kappa shape index (κ3) is 0.771. The number of aliphatic carboxylic acids is 1. The van der Waals surface area contributed by atoms with Crippen molar-refractivity contribution < 1.29 is 9.90 Å². The molecule has 0 saturated heterocycles. The molecule has 4 heteroatoms. The molecule has 1 atom stereocenters. The van der Waals surface area contributed by atoms with Crippen LogP contribution in [-0.4, -0.2) is 16.8 Å². The molecule has 0 spiro atoms. The van der Waals surface area contributed by atoms with Gasteiger partial charge in [0.05, 0.1) is 11.4 Å². The summed E-state index contributed by atoms with van der Waals surface area (Å²) in [5.41, 5.74) is 3.59. The normalized spacial score (nSPS) is 30.0. The Kier molecular flexibility index (Phi) is 1.36. The number of carboxylic acid groups (broad SMARTS) is 1. The van der Waals surface area contributed by atoms with Crippen molar-refractivity contribution in [1.82, 2.24) is 5.43 Å². The minimum atomic E-state index is -1.09. The number of hydrogen-bond acceptors (Lipinski definition) is 3. The van der Waals surface area contributed by atoms with Crippen molar-refractivity contribution in [3.8, 4) is 0 Å². The van der Waals surface area contributed by atoms with Crippen LogP contribution in [0.1, 0.15) is 0 Å². The van der Waals surface area contributed by atoms with E-state index in [-0.39, 0.29) is 0 Å². The van der Waals surface area contributed by atoms with Crippen LogP contribution in [-0.2, 0) is 4.79 Å². The number of allylic oxidation sites excluding steroid dienone is 6. The topological polar surface area (TPSA) is 61.7 Å². The molecule has 1 aliphatic heterocycles. The van der Waals surface area contributed by atoms with E-state index in [4.69, 9.17) is 0 Å². The van der Waals surface area contributed by atoms with E-state index in [1.807, 2.05) is 24.3 Å². The zero-order valence-electron chi connectivity index (χ0n) is 7.77. The second-order valence-electron chi connectivity index (χ2n) is 3.58. The lowest BCUT2D eigenvalue weighted by Crippen LogP contribution is -2.42. The number of nitrogens with zero attached hydrogens (tertiary/aromatic N) is 1. The lowest BCUT2D eigenvalue weighted by atomic mass is 9.69. The largest absolute Gasteiger partial charge is 0.480 e. The molecule has 3 aliphatic rings. The molecule has 15 heavy (non-hydrogen) atoms. The molecule has 1 heterocycles. The summed E-state index contributed by atoms with van der Waals surface area (Å²) in [4.78, 5) is 11.5. The molecule has 0 aromatic heterocycles. The summed E-state index contributed by atoms with van der Waals surface area (Å²) in [7, 11) is 0. The number of hydrazone groups is 1. The molecule has 1 unspecified atom stereocenters. The average molecular weight is 200 g/mol. The van der Waals surface area contributed by atoms with Gasteiger partial charge in [0.15, 0.2) is 5.41 Å². The number of hydrogen-bond donors (Lipinski definition) is 2. The van der Waals surface area contributed by atoms with Crippen molar-refractivity contribution >= 4 is 11.7 Å². The quantitative estimate of drug-likeness (QED) is 0.662. The molecule has 0 amide bonds. The van der Waals surface area contributed by atoms with Crippen LogP contribution in [0.25, 0.3) is 0 Å². The Balaban J connectivity index is 2.34. The molecule has 0 bridgehead atoms. The summed E-state index contributed by atoms with van der Waals surface area (Å²) in [6.07, 6.45) is 10.7. The zero-order chi connectivity index (χ0) is 10.5. The summed E-state index contributed by atoms with van der Waals surface area (Å²) < 4.78 is 0. The van der Waals surface area contributed by atoms with Gasteiger partial charge in [0.25, 0.3) is 0 Å². The van der Waals surface area contributed by atoms with E-state index in [1.54, 1.807) is 12.2 Å². The Labute approximate surface area is 86.0 Å². The van der Waals surface area contributed by atoms with Crippen molar-refractivity contribution in [2.24, 2.45) is 10.5 Å². The van der Waals surface area contributed by atoms with E-state index >= 15 is 0 Å². The highest BCUT2D eigenvalue weighted by Gasteiger charge is 2.53. The first-order chi connectivity index (χ1) is 7.26. The Bertz CT molecular complexity index is 509. The summed E-state index contributed by atoms with van der Waals surface area (Å²) >= 11 is 0. The maximum Gasteiger partial charge on any atom is 0.326 e.